The average Bonchev–Trinajstić information content (AvgIpc) is 2.85. The number of anilines is 1. The Hall–Kier alpha value is -3.10. The third-order valence-electron chi connectivity index (χ3n) is 6.36. The first-order valence-corrected chi connectivity index (χ1v) is 12.3. The van der Waals surface area contributed by atoms with Crippen molar-refractivity contribution in [3.63, 3.8) is 0 Å². The van der Waals surface area contributed by atoms with E-state index in [0.717, 1.165) is 6.42 Å². The van der Waals surface area contributed by atoms with Gasteiger partial charge in [0.05, 0.1) is 24.1 Å². The summed E-state index contributed by atoms with van der Waals surface area (Å²) in [5.74, 6) is -0.106. The lowest BCUT2D eigenvalue weighted by Gasteiger charge is -2.42. The molecule has 8 nitrogen and oxygen atoms in total. The zero-order valence-corrected chi connectivity index (χ0v) is 20.6. The van der Waals surface area contributed by atoms with E-state index < -0.39 is 0 Å². The van der Waals surface area contributed by atoms with Crippen LogP contribution in [0.1, 0.15) is 53.3 Å². The summed E-state index contributed by atoms with van der Waals surface area (Å²) in [6.45, 7) is 2.92. The summed E-state index contributed by atoms with van der Waals surface area (Å²) < 4.78 is 12.2. The number of rotatable bonds is 6. The Morgan fingerprint density at radius 2 is 1.91 bits per heavy atom. The SMILES string of the molecule is CCCNC(=O)C[C@@H]1CC[C@@H]2[C@H](COc3ccc(NC(=O)c4ccc(Cl)cc4)cc3C(=O)N2C)O1. The second-order valence-corrected chi connectivity index (χ2v) is 9.33. The summed E-state index contributed by atoms with van der Waals surface area (Å²) in [6, 6.07) is 11.4. The zero-order valence-electron chi connectivity index (χ0n) is 19.9. The standard InChI is InChI=1S/C26H30ClN3O5/c1-3-12-28-24(31)14-19-9-10-21-23(35-19)15-34-22-11-8-18(13-20(22)26(33)30(21)2)29-25(32)16-4-6-17(27)7-5-16/h4-8,11,13,19,21,23H,3,9-10,12,14-15H2,1-2H3,(H,28,31)(H,29,32)/t19-,21+,23-/m0/s1. The van der Waals surface area contributed by atoms with Crippen molar-refractivity contribution >= 4 is 35.0 Å². The van der Waals surface area contributed by atoms with Crippen LogP contribution in [0.15, 0.2) is 42.5 Å². The lowest BCUT2D eigenvalue weighted by molar-refractivity contribution is -0.134. The van der Waals surface area contributed by atoms with E-state index in [-0.39, 0.29) is 42.6 Å². The highest BCUT2D eigenvalue weighted by atomic mass is 35.5. The van der Waals surface area contributed by atoms with Crippen LogP contribution in [0, 0.1) is 0 Å². The van der Waals surface area contributed by atoms with Gasteiger partial charge >= 0.3 is 0 Å². The van der Waals surface area contributed by atoms with Crippen molar-refractivity contribution in [1.29, 1.82) is 0 Å². The number of nitrogens with zero attached hydrogens (tertiary/aromatic N) is 1. The molecule has 2 aliphatic rings. The van der Waals surface area contributed by atoms with Gasteiger partial charge < -0.3 is 25.0 Å². The van der Waals surface area contributed by atoms with E-state index in [2.05, 4.69) is 10.6 Å². The van der Waals surface area contributed by atoms with Gasteiger partial charge in [-0.1, -0.05) is 18.5 Å². The maximum absolute atomic E-state index is 13.4. The topological polar surface area (TPSA) is 97.0 Å². The van der Waals surface area contributed by atoms with E-state index in [4.69, 9.17) is 21.1 Å². The Morgan fingerprint density at radius 3 is 2.66 bits per heavy atom. The third kappa shape index (κ3) is 5.94. The molecule has 2 N–H and O–H groups in total. The summed E-state index contributed by atoms with van der Waals surface area (Å²) in [7, 11) is 1.76. The van der Waals surface area contributed by atoms with Crippen LogP contribution in [0.5, 0.6) is 5.75 Å². The lowest BCUT2D eigenvalue weighted by atomic mass is 9.94. The van der Waals surface area contributed by atoms with Crippen molar-refractivity contribution in [2.45, 2.75) is 50.9 Å². The van der Waals surface area contributed by atoms with Crippen LogP contribution in [0.25, 0.3) is 0 Å². The smallest absolute Gasteiger partial charge is 0.257 e. The fraction of sp³-hybridized carbons (Fsp3) is 0.423. The molecule has 0 aromatic heterocycles. The molecule has 3 atom stereocenters. The molecule has 0 spiro atoms. The number of benzene rings is 2. The molecule has 1 saturated heterocycles. The number of nitrogens with one attached hydrogen (secondary N) is 2. The molecule has 4 rings (SSSR count). The molecular weight excluding hydrogens is 470 g/mol. The van der Waals surface area contributed by atoms with Crippen LogP contribution in [0.4, 0.5) is 5.69 Å². The van der Waals surface area contributed by atoms with Crippen LogP contribution in [-0.2, 0) is 9.53 Å². The van der Waals surface area contributed by atoms with Gasteiger partial charge in [0.1, 0.15) is 18.5 Å². The number of carbonyl (C=O) groups is 3. The molecule has 0 aliphatic carbocycles. The van der Waals surface area contributed by atoms with Gasteiger partial charge in [-0.25, -0.2) is 0 Å². The van der Waals surface area contributed by atoms with Crippen LogP contribution in [0.3, 0.4) is 0 Å². The Labute approximate surface area is 209 Å². The Morgan fingerprint density at radius 1 is 1.14 bits per heavy atom. The molecule has 9 heteroatoms. The molecule has 0 bridgehead atoms. The maximum Gasteiger partial charge on any atom is 0.257 e. The van der Waals surface area contributed by atoms with E-state index in [1.807, 2.05) is 6.92 Å². The van der Waals surface area contributed by atoms with E-state index in [1.54, 1.807) is 54.4 Å². The predicted octanol–water partition coefficient (Wildman–Crippen LogP) is 3.89. The van der Waals surface area contributed by atoms with E-state index >= 15 is 0 Å². The van der Waals surface area contributed by atoms with Crippen molar-refractivity contribution in [1.82, 2.24) is 10.2 Å². The minimum atomic E-state index is -0.334. The van der Waals surface area contributed by atoms with Crippen LogP contribution >= 0.6 is 11.6 Å². The number of hydrogen-bond donors (Lipinski definition) is 2. The van der Waals surface area contributed by atoms with Crippen molar-refractivity contribution in [3.05, 3.63) is 58.6 Å². The molecule has 2 heterocycles. The molecule has 0 radical (unpaired) electrons. The second-order valence-electron chi connectivity index (χ2n) is 8.89. The summed E-state index contributed by atoms with van der Waals surface area (Å²) in [5.41, 5.74) is 1.33. The van der Waals surface area contributed by atoms with Gasteiger partial charge in [0.15, 0.2) is 0 Å². The molecule has 2 aromatic rings. The van der Waals surface area contributed by atoms with Gasteiger partial charge in [-0.3, -0.25) is 14.4 Å². The van der Waals surface area contributed by atoms with Gasteiger partial charge in [-0.05, 0) is 61.7 Å². The molecule has 3 amide bonds. The monoisotopic (exact) mass is 499 g/mol. The highest BCUT2D eigenvalue weighted by Gasteiger charge is 2.39. The first kappa shape index (κ1) is 25.0. The number of amides is 3. The van der Waals surface area contributed by atoms with Gasteiger partial charge in [0.25, 0.3) is 11.8 Å². The Bertz CT molecular complexity index is 1090. The average molecular weight is 500 g/mol. The van der Waals surface area contributed by atoms with Crippen molar-refractivity contribution in [2.24, 2.45) is 0 Å². The van der Waals surface area contributed by atoms with Crippen LogP contribution in [0.2, 0.25) is 5.02 Å². The summed E-state index contributed by atoms with van der Waals surface area (Å²) in [4.78, 5) is 39.8. The fourth-order valence-electron chi connectivity index (χ4n) is 4.45. The number of hydrogen-bond acceptors (Lipinski definition) is 5. The predicted molar refractivity (Wildman–Crippen MR) is 133 cm³/mol. The molecule has 0 saturated carbocycles. The maximum atomic E-state index is 13.4. The molecule has 1 fully saturated rings. The quantitative estimate of drug-likeness (QED) is 0.628. The van der Waals surface area contributed by atoms with Crippen molar-refractivity contribution in [2.75, 3.05) is 25.5 Å². The summed E-state index contributed by atoms with van der Waals surface area (Å²) in [5, 5.41) is 6.25. The number of likely N-dealkylation sites (N-methyl/N-ethyl adjacent to an activating group) is 1. The molecule has 0 unspecified atom stereocenters. The first-order valence-electron chi connectivity index (χ1n) is 11.9. The minimum Gasteiger partial charge on any atom is -0.490 e. The number of halogens is 1. The van der Waals surface area contributed by atoms with Crippen molar-refractivity contribution in [3.8, 4) is 5.75 Å². The van der Waals surface area contributed by atoms with E-state index in [1.165, 1.54) is 0 Å². The number of fused-ring (bicyclic) bond motifs is 2. The largest absolute Gasteiger partial charge is 0.490 e. The normalized spacial score (nSPS) is 21.6. The second kappa shape index (κ2) is 11.1. The van der Waals surface area contributed by atoms with Gasteiger partial charge in [-0.2, -0.15) is 0 Å². The minimum absolute atomic E-state index is 0.0231. The first-order chi connectivity index (χ1) is 16.9. The number of ether oxygens (including phenoxy) is 2. The Balaban J connectivity index is 1.46. The van der Waals surface area contributed by atoms with Gasteiger partial charge in [0.2, 0.25) is 5.91 Å². The Kier molecular flexibility index (Phi) is 7.93. The molecule has 186 valence electrons. The van der Waals surface area contributed by atoms with Crippen LogP contribution < -0.4 is 15.4 Å². The van der Waals surface area contributed by atoms with E-state index in [0.29, 0.717) is 53.4 Å². The zero-order chi connectivity index (χ0) is 24.9. The highest BCUT2D eigenvalue weighted by Crippen LogP contribution is 2.32. The summed E-state index contributed by atoms with van der Waals surface area (Å²) in [6.07, 6.45) is 2.04. The highest BCUT2D eigenvalue weighted by molar-refractivity contribution is 6.30. The van der Waals surface area contributed by atoms with Gasteiger partial charge in [-0.15, -0.1) is 0 Å². The lowest BCUT2D eigenvalue weighted by Crippen LogP contribution is -2.54. The molecule has 2 aliphatic heterocycles. The molecule has 35 heavy (non-hydrogen) atoms. The summed E-state index contributed by atoms with van der Waals surface area (Å²) >= 11 is 5.90. The third-order valence-corrected chi connectivity index (χ3v) is 6.61. The van der Waals surface area contributed by atoms with Gasteiger partial charge in [0, 0.05) is 29.9 Å². The fourth-order valence-corrected chi connectivity index (χ4v) is 4.58. The van der Waals surface area contributed by atoms with Crippen LogP contribution in [-0.4, -0.2) is 61.1 Å². The van der Waals surface area contributed by atoms with E-state index in [9.17, 15) is 14.4 Å². The van der Waals surface area contributed by atoms with Crippen molar-refractivity contribution < 1.29 is 23.9 Å². The molecule has 2 aromatic carbocycles. The number of carbonyl (C=O) groups excluding carboxylic acids is 3. The molecular formula is C26H30ClN3O5.